The average Bonchev–Trinajstić information content (AvgIpc) is 2.42. The maximum Gasteiger partial charge on any atom is -0.0228 e. The van der Waals surface area contributed by atoms with E-state index < -0.39 is 0 Å². The van der Waals surface area contributed by atoms with Gasteiger partial charge in [-0.15, -0.1) is 0 Å². The zero-order valence-electron chi connectivity index (χ0n) is 12.2. The van der Waals surface area contributed by atoms with E-state index in [4.69, 9.17) is 0 Å². The van der Waals surface area contributed by atoms with Crippen molar-refractivity contribution in [2.45, 2.75) is 40.5 Å². The lowest BCUT2D eigenvalue weighted by atomic mass is 10.0. The Kier molecular flexibility index (Phi) is 10.9. The van der Waals surface area contributed by atoms with Crippen LogP contribution < -0.4 is 0 Å². The summed E-state index contributed by atoms with van der Waals surface area (Å²) in [4.78, 5) is 0. The Morgan fingerprint density at radius 1 is 0.889 bits per heavy atom. The smallest absolute Gasteiger partial charge is 0.0228 e. The van der Waals surface area contributed by atoms with E-state index in [1.54, 1.807) is 0 Å². The molecule has 0 saturated heterocycles. The van der Waals surface area contributed by atoms with Crippen molar-refractivity contribution in [3.8, 4) is 0 Å². The SMILES string of the molecule is CC.CC=Cc1ccccccccc1CCC. The highest BCUT2D eigenvalue weighted by Crippen LogP contribution is 2.10. The molecule has 0 spiro atoms. The molecule has 0 saturated carbocycles. The lowest BCUT2D eigenvalue weighted by Gasteiger charge is -2.00. The molecule has 0 unspecified atom stereocenters. The summed E-state index contributed by atoms with van der Waals surface area (Å²) in [5, 5.41) is 0. The van der Waals surface area contributed by atoms with Crippen LogP contribution in [-0.2, 0) is 6.42 Å². The standard InChI is InChI=1S/C16H20.C2H6/c1-3-11-15-13-9-7-5-6-8-10-14-16(15)12-4-2;1-2/h3,5-11,13-14H,4,12H2,1-2H3;1-2H3. The Bertz CT molecular complexity index is 387. The lowest BCUT2D eigenvalue weighted by Crippen LogP contribution is -1.85. The number of allylic oxidation sites excluding steroid dienone is 1. The molecule has 0 nitrogen and oxygen atoms in total. The highest BCUT2D eigenvalue weighted by Gasteiger charge is 1.93. The molecular formula is C18H26. The Balaban J connectivity index is 0.00000137. The van der Waals surface area contributed by atoms with Crippen LogP contribution in [0.4, 0.5) is 0 Å². The first-order valence-electron chi connectivity index (χ1n) is 6.92. The maximum absolute atomic E-state index is 2.21. The van der Waals surface area contributed by atoms with Crippen LogP contribution in [0, 0.1) is 0 Å². The molecule has 98 valence electrons. The highest BCUT2D eigenvalue weighted by atomic mass is 14.0. The number of aryl methyl sites for hydroxylation is 1. The third kappa shape index (κ3) is 6.90. The van der Waals surface area contributed by atoms with Gasteiger partial charge in [0.25, 0.3) is 0 Å². The highest BCUT2D eigenvalue weighted by molar-refractivity contribution is 5.52. The fourth-order valence-electron chi connectivity index (χ4n) is 1.63. The van der Waals surface area contributed by atoms with Gasteiger partial charge in [-0.3, -0.25) is 0 Å². The van der Waals surface area contributed by atoms with Gasteiger partial charge in [0.1, 0.15) is 0 Å². The molecule has 1 aromatic carbocycles. The van der Waals surface area contributed by atoms with Crippen LogP contribution in [0.15, 0.2) is 54.6 Å². The van der Waals surface area contributed by atoms with E-state index in [1.165, 1.54) is 17.5 Å². The molecular weight excluding hydrogens is 216 g/mol. The van der Waals surface area contributed by atoms with Crippen LogP contribution in [0.25, 0.3) is 6.08 Å². The van der Waals surface area contributed by atoms with Gasteiger partial charge in [0.2, 0.25) is 0 Å². The fraction of sp³-hybridized carbons (Fsp3) is 0.333. The van der Waals surface area contributed by atoms with Crippen molar-refractivity contribution >= 4 is 6.08 Å². The van der Waals surface area contributed by atoms with Crippen molar-refractivity contribution in [1.82, 2.24) is 0 Å². The largest absolute Gasteiger partial charge is 0.0871 e. The van der Waals surface area contributed by atoms with E-state index in [1.807, 2.05) is 26.0 Å². The molecule has 0 aliphatic rings. The number of hydrogen-bond donors (Lipinski definition) is 0. The first kappa shape index (κ1) is 16.4. The minimum atomic E-state index is 1.12. The van der Waals surface area contributed by atoms with Gasteiger partial charge in [-0.25, -0.2) is 0 Å². The normalized spacial score (nSPS) is 9.33. The Morgan fingerprint density at radius 3 is 2.00 bits per heavy atom. The molecule has 0 aliphatic heterocycles. The van der Waals surface area contributed by atoms with E-state index in [0.717, 1.165) is 6.42 Å². The molecule has 0 N–H and O–H groups in total. The molecule has 0 heteroatoms. The molecule has 1 rings (SSSR count). The third-order valence-electron chi connectivity index (χ3n) is 2.37. The molecule has 1 aromatic rings. The van der Waals surface area contributed by atoms with E-state index in [9.17, 15) is 0 Å². The van der Waals surface area contributed by atoms with Gasteiger partial charge in [-0.2, -0.15) is 0 Å². The first-order valence-corrected chi connectivity index (χ1v) is 6.92. The van der Waals surface area contributed by atoms with Crippen molar-refractivity contribution in [1.29, 1.82) is 0 Å². The molecule has 0 bridgehead atoms. The molecule has 0 fully saturated rings. The minimum absolute atomic E-state index is 1.12. The second-order valence-electron chi connectivity index (χ2n) is 3.72. The quantitative estimate of drug-likeness (QED) is 0.626. The van der Waals surface area contributed by atoms with Gasteiger partial charge in [-0.05, 0) is 24.5 Å². The Morgan fingerprint density at radius 2 is 1.44 bits per heavy atom. The van der Waals surface area contributed by atoms with Crippen LogP contribution in [-0.4, -0.2) is 0 Å². The average molecular weight is 242 g/mol. The van der Waals surface area contributed by atoms with E-state index in [2.05, 4.69) is 62.4 Å². The van der Waals surface area contributed by atoms with E-state index in [-0.39, 0.29) is 0 Å². The third-order valence-corrected chi connectivity index (χ3v) is 2.37. The zero-order chi connectivity index (χ0) is 13.6. The molecule has 0 amide bonds. The molecule has 18 heavy (non-hydrogen) atoms. The predicted molar refractivity (Wildman–Crippen MR) is 84.1 cm³/mol. The fourth-order valence-corrected chi connectivity index (χ4v) is 1.63. The van der Waals surface area contributed by atoms with Gasteiger partial charge in [0.15, 0.2) is 0 Å². The summed E-state index contributed by atoms with van der Waals surface area (Å²) >= 11 is 0. The summed E-state index contributed by atoms with van der Waals surface area (Å²) in [6, 6.07) is 16.8. The van der Waals surface area contributed by atoms with E-state index >= 15 is 0 Å². The first-order chi connectivity index (χ1) is 8.88. The van der Waals surface area contributed by atoms with Crippen LogP contribution in [0.3, 0.4) is 0 Å². The minimum Gasteiger partial charge on any atom is -0.0871 e. The van der Waals surface area contributed by atoms with Gasteiger partial charge in [-0.1, -0.05) is 87.9 Å². The topological polar surface area (TPSA) is 0 Å². The Hall–Kier alpha value is -1.56. The van der Waals surface area contributed by atoms with Crippen molar-refractivity contribution in [3.63, 3.8) is 0 Å². The van der Waals surface area contributed by atoms with Crippen LogP contribution in [0.1, 0.15) is 45.2 Å². The second kappa shape index (κ2) is 11.9. The second-order valence-corrected chi connectivity index (χ2v) is 3.72. The summed E-state index contributed by atoms with van der Waals surface area (Å²) in [6.45, 7) is 8.27. The molecule has 0 atom stereocenters. The molecule has 0 radical (unpaired) electrons. The summed E-state index contributed by atoms with van der Waals surface area (Å²) in [6.07, 6.45) is 6.56. The van der Waals surface area contributed by atoms with Gasteiger partial charge >= 0.3 is 0 Å². The van der Waals surface area contributed by atoms with Gasteiger partial charge in [0, 0.05) is 0 Å². The number of hydrogen-bond acceptors (Lipinski definition) is 0. The molecule has 0 aromatic heterocycles. The summed E-state index contributed by atoms with van der Waals surface area (Å²) in [7, 11) is 0. The monoisotopic (exact) mass is 242 g/mol. The van der Waals surface area contributed by atoms with Gasteiger partial charge in [0.05, 0.1) is 0 Å². The Labute approximate surface area is 113 Å². The molecule has 0 heterocycles. The zero-order valence-corrected chi connectivity index (χ0v) is 12.2. The summed E-state index contributed by atoms with van der Waals surface area (Å²) < 4.78 is 0. The van der Waals surface area contributed by atoms with Crippen molar-refractivity contribution in [2.75, 3.05) is 0 Å². The van der Waals surface area contributed by atoms with E-state index in [0.29, 0.717) is 0 Å². The van der Waals surface area contributed by atoms with Crippen molar-refractivity contribution in [3.05, 3.63) is 65.7 Å². The molecule has 0 aliphatic carbocycles. The number of rotatable bonds is 3. The predicted octanol–water partition coefficient (Wildman–Crippen LogP) is 5.82. The van der Waals surface area contributed by atoms with Gasteiger partial charge < -0.3 is 0 Å². The lowest BCUT2D eigenvalue weighted by molar-refractivity contribution is 0.921. The van der Waals surface area contributed by atoms with Crippen LogP contribution in [0.5, 0.6) is 0 Å². The maximum atomic E-state index is 2.21. The van der Waals surface area contributed by atoms with Crippen molar-refractivity contribution < 1.29 is 0 Å². The van der Waals surface area contributed by atoms with Crippen molar-refractivity contribution in [2.24, 2.45) is 0 Å². The summed E-state index contributed by atoms with van der Waals surface area (Å²) in [5.74, 6) is 0. The van der Waals surface area contributed by atoms with Crippen LogP contribution >= 0.6 is 0 Å². The summed E-state index contributed by atoms with van der Waals surface area (Å²) in [5.41, 5.74) is 2.71. The van der Waals surface area contributed by atoms with Crippen LogP contribution in [0.2, 0.25) is 0 Å².